The molecule has 7 aliphatic rings. The van der Waals surface area contributed by atoms with Gasteiger partial charge in [0.15, 0.2) is 0 Å². The molecular formula is C82H149N11O15S12. The molecule has 8 rings (SSSR count). The quantitative estimate of drug-likeness (QED) is 0.0214. The Labute approximate surface area is 766 Å². The first-order valence-corrected chi connectivity index (χ1v) is 58.3. The number of imidazole rings is 1. The van der Waals surface area contributed by atoms with Crippen LogP contribution in [0.25, 0.3) is 0 Å². The zero-order chi connectivity index (χ0) is 87.2. The number of unbranched alkanes of at least 4 members (excludes halogenated alkanes) is 11. The lowest BCUT2D eigenvalue weighted by Crippen LogP contribution is -2.41. The van der Waals surface area contributed by atoms with Crippen molar-refractivity contribution in [1.29, 1.82) is 0 Å². The molecule has 7 aliphatic heterocycles. The smallest absolute Gasteiger partial charge is 0.373 e. The maximum absolute atomic E-state index is 11.7. The summed E-state index contributed by atoms with van der Waals surface area (Å²) in [5.74, 6) is 7.02. The molecule has 694 valence electrons. The second kappa shape index (κ2) is 83.0. The van der Waals surface area contributed by atoms with Gasteiger partial charge in [-0.3, -0.25) is 43.3 Å². The Bertz CT molecular complexity index is 2720. The van der Waals surface area contributed by atoms with E-state index in [0.29, 0.717) is 90.8 Å². The summed E-state index contributed by atoms with van der Waals surface area (Å²) < 4.78 is 12.6. The third kappa shape index (κ3) is 71.3. The number of aliphatic carboxylic acids is 2. The molecule has 7 saturated heterocycles. The molecule has 8 heterocycles. The number of aliphatic hydroxyl groups excluding tert-OH is 1. The summed E-state index contributed by atoms with van der Waals surface area (Å²) in [5, 5.41) is 45.5. The fourth-order valence-electron chi connectivity index (χ4n) is 12.7. The van der Waals surface area contributed by atoms with Crippen LogP contribution in [-0.2, 0) is 64.0 Å². The number of carboxylic acids is 2. The van der Waals surface area contributed by atoms with Gasteiger partial charge in [0.1, 0.15) is 6.04 Å². The van der Waals surface area contributed by atoms with Gasteiger partial charge in [-0.15, -0.1) is 0 Å². The molecule has 0 saturated carbocycles. The molecule has 38 heteroatoms. The van der Waals surface area contributed by atoms with Gasteiger partial charge in [0, 0.05) is 202 Å². The zero-order valence-electron chi connectivity index (χ0n) is 71.7. The molecule has 12 N–H and O–H groups in total. The van der Waals surface area contributed by atoms with Gasteiger partial charge >= 0.3 is 18.1 Å². The highest BCUT2D eigenvalue weighted by Gasteiger charge is 2.22. The van der Waals surface area contributed by atoms with Crippen LogP contribution >= 0.6 is 130 Å². The number of nitrogens with zero attached hydrogens (tertiary/aromatic N) is 4. The van der Waals surface area contributed by atoms with Gasteiger partial charge in [-0.2, -0.15) is 9.59 Å². The Morgan fingerprint density at radius 2 is 0.850 bits per heavy atom. The van der Waals surface area contributed by atoms with Gasteiger partial charge in [0.05, 0.1) is 32.8 Å². The molecule has 0 aliphatic carbocycles. The Morgan fingerprint density at radius 1 is 0.483 bits per heavy atom. The van der Waals surface area contributed by atoms with Crippen LogP contribution in [0.2, 0.25) is 0 Å². The summed E-state index contributed by atoms with van der Waals surface area (Å²) >= 11 is 0. The van der Waals surface area contributed by atoms with E-state index in [1.165, 1.54) is 131 Å². The number of aromatic nitrogens is 2. The third-order valence-corrected chi connectivity index (χ3v) is 38.0. The Kier molecular flexibility index (Phi) is 79.1. The maximum atomic E-state index is 11.7. The fraction of sp³-hybridized carbons (Fsp3) is 0.854. The lowest BCUT2D eigenvalue weighted by molar-refractivity contribution is -0.192. The maximum Gasteiger partial charge on any atom is 0.373 e. The summed E-state index contributed by atoms with van der Waals surface area (Å²) in [6, 6.07) is -0.758. The van der Waals surface area contributed by atoms with Crippen molar-refractivity contribution in [3.8, 4) is 0 Å². The standard InChI is InChI=1S/C15H28N2O3S2.C15H27NO4S2.C14H26N2O2S2.C13H21N3OS2.C13H26N2OS2.C11H21NO2S2.CO2/c16-13(15(19)20)7-2-1-5-10-17-14(18)8-4-3-6-12-9-11-21-22-12;17-14(6-2-1-5-13-8-12-21-22-13)16-9-11-20-10-4-3-7-15(18)19;17-14(4-2-1-3-13-5-12-19-20-13)15-6-7-16-8-10-18-11-9-16;17-13(15-7-9-16-8-6-14-11-16)4-2-1-3-12-5-10-18-19-12;14-9-4-1-5-10-15-13(16)7-3-2-6-12-8-11-17-18-12;1-12(7-8-13)11(14)5-3-2-4-10-6-9-15-16-10;2-1-3/h12-13H,1-11,16H2,(H,17,18)(H,19,20);13H,1-12H2,(H,16,17)(H,18,19);13H,1-12H2,(H,15,17);6,8,11-12H,1-5,7,9-10H2,(H,15,17);12H,1-11,14H2,(H,15,16);10,13H,2-9H2,1H3;/t12-,13+;2*13-;2*12-;10-;/m111111./s1. The molecule has 0 unspecified atom stereocenters. The van der Waals surface area contributed by atoms with E-state index in [9.17, 15) is 38.4 Å². The Balaban J connectivity index is 0.000000486. The molecular weight excluding hydrogens is 1760 g/mol. The van der Waals surface area contributed by atoms with Crippen LogP contribution in [0.4, 0.5) is 0 Å². The van der Waals surface area contributed by atoms with Crippen molar-refractivity contribution < 1.29 is 72.7 Å². The number of likely N-dealkylation sites (N-methyl/N-ethyl adjacent to an activating group) is 1. The normalized spacial score (nSPS) is 19.2. The number of carboxylic acid groups (broad SMARTS) is 2. The number of morpholine rings is 1. The highest BCUT2D eigenvalue weighted by Crippen LogP contribution is 2.44. The van der Waals surface area contributed by atoms with E-state index < -0.39 is 18.0 Å². The van der Waals surface area contributed by atoms with Crippen molar-refractivity contribution in [3.05, 3.63) is 18.7 Å². The lowest BCUT2D eigenvalue weighted by Gasteiger charge is -2.26. The number of nitrogens with one attached hydrogen (secondary N) is 5. The summed E-state index contributed by atoms with van der Waals surface area (Å²) in [6.45, 7) is 11.2. The first-order valence-electron chi connectivity index (χ1n) is 44.1. The summed E-state index contributed by atoms with van der Waals surface area (Å²) in [7, 11) is 25.7. The molecule has 0 radical (unpaired) electrons. The van der Waals surface area contributed by atoms with E-state index in [1.54, 1.807) is 24.5 Å². The van der Waals surface area contributed by atoms with Crippen LogP contribution in [0.1, 0.15) is 257 Å². The van der Waals surface area contributed by atoms with Crippen LogP contribution in [0.15, 0.2) is 18.7 Å². The third-order valence-electron chi connectivity index (χ3n) is 19.9. The minimum absolute atomic E-state index is 0.0537. The molecule has 26 nitrogen and oxygen atoms in total. The SMILES string of the molecule is CN(CCO)C(=O)CCCC[C@@H]1CCSS1.NCCCCCNC(=O)CCCC[C@@H]1CCSS1.N[C@@H](CCCCCNC(=O)CCCC[C@@H]1CCSS1)C(=O)O.O=C(CCCC[C@@H]1CCSS1)NCCN1CCOCC1.O=C(CCCC[C@@H]1CCSS1)NCCn1ccnc1.O=C(O)CCCCOCCNC(=O)CCCC[C@@H]1CCSS1.O=C=O. The van der Waals surface area contributed by atoms with E-state index in [4.69, 9.17) is 45.8 Å². The van der Waals surface area contributed by atoms with Gasteiger partial charge in [-0.25, -0.2) is 4.98 Å². The molecule has 0 aromatic carbocycles. The highest BCUT2D eigenvalue weighted by molar-refractivity contribution is 8.78. The van der Waals surface area contributed by atoms with Crippen molar-refractivity contribution in [2.75, 3.05) is 140 Å². The molecule has 0 bridgehead atoms. The van der Waals surface area contributed by atoms with E-state index >= 15 is 0 Å². The van der Waals surface area contributed by atoms with Gasteiger partial charge in [0.2, 0.25) is 35.4 Å². The largest absolute Gasteiger partial charge is 0.481 e. The van der Waals surface area contributed by atoms with E-state index in [0.717, 1.165) is 193 Å². The van der Waals surface area contributed by atoms with Crippen molar-refractivity contribution in [1.82, 2.24) is 45.9 Å². The number of carbonyl (C=O) groups excluding carboxylic acids is 8. The number of amides is 6. The molecule has 1 aromatic rings. The van der Waals surface area contributed by atoms with E-state index in [2.05, 4.69) is 36.5 Å². The van der Waals surface area contributed by atoms with Crippen molar-refractivity contribution in [3.63, 3.8) is 0 Å². The van der Waals surface area contributed by atoms with Crippen molar-refractivity contribution in [2.45, 2.75) is 301 Å². The first kappa shape index (κ1) is 114. The minimum Gasteiger partial charge on any atom is -0.481 e. The average molecular weight is 1910 g/mol. The van der Waals surface area contributed by atoms with Gasteiger partial charge in [0.25, 0.3) is 0 Å². The Morgan fingerprint density at radius 3 is 1.20 bits per heavy atom. The van der Waals surface area contributed by atoms with Crippen LogP contribution in [0, 0.1) is 0 Å². The molecule has 7 fully saturated rings. The highest BCUT2D eigenvalue weighted by atomic mass is 33.1. The zero-order valence-corrected chi connectivity index (χ0v) is 81.5. The second-order valence-corrected chi connectivity index (χ2v) is 46.9. The topological polar surface area (TPSA) is 386 Å². The van der Waals surface area contributed by atoms with Crippen LogP contribution < -0.4 is 38.1 Å². The average Bonchev–Trinajstić information content (AvgIpc) is 1.75. The predicted molar refractivity (Wildman–Crippen MR) is 515 cm³/mol. The predicted octanol–water partition coefficient (Wildman–Crippen LogP) is 15.3. The van der Waals surface area contributed by atoms with Gasteiger partial charge in [-0.1, -0.05) is 187 Å². The molecule has 0 spiro atoms. The second-order valence-electron chi connectivity index (χ2n) is 30.2. The lowest BCUT2D eigenvalue weighted by atomic mass is 10.1. The van der Waals surface area contributed by atoms with Crippen LogP contribution in [-0.4, -0.2) is 266 Å². The fourth-order valence-corrected chi connectivity index (χ4v) is 30.9. The number of hydrogen-bond acceptors (Lipinski definition) is 29. The summed E-state index contributed by atoms with van der Waals surface area (Å²) in [4.78, 5) is 115. The molecule has 1 aromatic heterocycles. The van der Waals surface area contributed by atoms with Crippen LogP contribution in [0.3, 0.4) is 0 Å². The number of ether oxygens (including phenoxy) is 2. The van der Waals surface area contributed by atoms with Crippen LogP contribution in [0.5, 0.6) is 0 Å². The summed E-state index contributed by atoms with van der Waals surface area (Å²) in [6.07, 6.45) is 45.9. The number of aliphatic hydroxyl groups is 1. The number of hydrogen-bond donors (Lipinski definition) is 10. The number of rotatable bonds is 58. The minimum atomic E-state index is -0.942. The Hall–Kier alpha value is -1.69. The van der Waals surface area contributed by atoms with Gasteiger partial charge < -0.3 is 72.3 Å². The van der Waals surface area contributed by atoms with E-state index in [1.807, 2.05) is 140 Å². The molecule has 7 atom stereocenters. The molecule has 120 heavy (non-hydrogen) atoms. The monoisotopic (exact) mass is 1910 g/mol. The summed E-state index contributed by atoms with van der Waals surface area (Å²) in [5.41, 5.74) is 10.8. The van der Waals surface area contributed by atoms with Crippen molar-refractivity contribution in [2.24, 2.45) is 11.5 Å². The van der Waals surface area contributed by atoms with Crippen molar-refractivity contribution >= 4 is 183 Å². The molecule has 6 amide bonds. The number of nitrogens with two attached hydrogens (primary N) is 2. The number of carbonyl (C=O) groups is 8. The van der Waals surface area contributed by atoms with E-state index in [-0.39, 0.29) is 54.6 Å². The first-order chi connectivity index (χ1) is 58.4. The van der Waals surface area contributed by atoms with Gasteiger partial charge in [-0.05, 0) is 161 Å².